The van der Waals surface area contributed by atoms with Gasteiger partial charge in [-0.1, -0.05) is 13.8 Å². The molecule has 204 valence electrons. The lowest BCUT2D eigenvalue weighted by molar-refractivity contribution is -0.132. The van der Waals surface area contributed by atoms with E-state index in [1.165, 1.54) is 9.80 Å². The highest BCUT2D eigenvalue weighted by molar-refractivity contribution is 7.81. The Morgan fingerprint density at radius 2 is 1.11 bits per heavy atom. The van der Waals surface area contributed by atoms with Crippen molar-refractivity contribution in [1.29, 1.82) is 0 Å². The first kappa shape index (κ1) is 24.7. The van der Waals surface area contributed by atoms with Gasteiger partial charge < -0.3 is 19.6 Å². The number of rotatable bonds is 8. The molecule has 0 aromatic carbocycles. The quantitative estimate of drug-likeness (QED) is 0.405. The Morgan fingerprint density at radius 3 is 1.49 bits per heavy atom. The smallest absolute Gasteiger partial charge is 0.341 e. The largest absolute Gasteiger partial charge is 0.442 e. The van der Waals surface area contributed by atoms with E-state index in [-0.39, 0.29) is 36.7 Å². The molecular weight excluding hydrogens is 508 g/mol. The maximum Gasteiger partial charge on any atom is 0.442 e. The zero-order valence-electron chi connectivity index (χ0n) is 20.9. The Hall–Kier alpha value is -2.65. The second-order valence-corrected chi connectivity index (χ2v) is 12.0. The zero-order chi connectivity index (χ0) is 26.2. The molecule has 4 bridgehead atoms. The second kappa shape index (κ2) is 8.70. The molecule has 37 heavy (non-hydrogen) atoms. The Labute approximate surface area is 215 Å². The van der Waals surface area contributed by atoms with Crippen LogP contribution in [0.5, 0.6) is 0 Å². The minimum Gasteiger partial charge on any atom is -0.341 e. The molecule has 6 saturated heterocycles. The maximum absolute atomic E-state index is 13.1. The second-order valence-electron chi connectivity index (χ2n) is 10.8. The molecule has 6 heterocycles. The summed E-state index contributed by atoms with van der Waals surface area (Å²) in [6.45, 7) is 6.60. The molecule has 0 spiro atoms. The lowest BCUT2D eigenvalue weighted by atomic mass is 9.91. The van der Waals surface area contributed by atoms with E-state index in [2.05, 4.69) is 0 Å². The van der Waals surface area contributed by atoms with Crippen LogP contribution >= 0.6 is 0 Å². The van der Waals surface area contributed by atoms with E-state index < -0.39 is 46.6 Å². The summed E-state index contributed by atoms with van der Waals surface area (Å²) in [4.78, 5) is 58.1. The van der Waals surface area contributed by atoms with Crippen molar-refractivity contribution in [1.82, 2.24) is 29.7 Å². The van der Waals surface area contributed by atoms with Gasteiger partial charge in [0.25, 0.3) is 0 Å². The molecule has 0 aromatic heterocycles. The number of carbonyl (C=O) groups excluding carboxylic acids is 4. The molecule has 0 saturated carbocycles. The third-order valence-electron chi connectivity index (χ3n) is 8.43. The predicted octanol–water partition coefficient (Wildman–Crippen LogP) is -0.412. The normalized spacial score (nSPS) is 34.9. The molecule has 6 aliphatic heterocycles. The molecule has 6 aliphatic rings. The van der Waals surface area contributed by atoms with Crippen molar-refractivity contribution >= 4 is 34.3 Å². The van der Waals surface area contributed by atoms with E-state index in [1.807, 2.05) is 13.8 Å². The van der Waals surface area contributed by atoms with Crippen molar-refractivity contribution < 1.29 is 36.2 Å². The van der Waals surface area contributed by atoms with E-state index in [9.17, 15) is 27.6 Å². The monoisotopic (exact) mass is 540 g/mol. The molecule has 0 aliphatic carbocycles. The van der Waals surface area contributed by atoms with Crippen LogP contribution in [0.2, 0.25) is 0 Å². The Bertz CT molecular complexity index is 1050. The molecular formula is C22H32N6O8S. The topological polar surface area (TPSA) is 140 Å². The van der Waals surface area contributed by atoms with Gasteiger partial charge in [-0.05, 0) is 25.7 Å². The summed E-state index contributed by atoms with van der Waals surface area (Å²) in [6.07, 6.45) is 2.47. The third kappa shape index (κ3) is 3.76. The number of likely N-dealkylation sites (tertiary alicyclic amines) is 2. The van der Waals surface area contributed by atoms with Crippen LogP contribution in [0.15, 0.2) is 0 Å². The van der Waals surface area contributed by atoms with Crippen molar-refractivity contribution in [2.24, 2.45) is 11.8 Å². The van der Waals surface area contributed by atoms with Crippen molar-refractivity contribution in [3.63, 3.8) is 0 Å². The predicted molar refractivity (Wildman–Crippen MR) is 124 cm³/mol. The minimum absolute atomic E-state index is 0.101. The lowest BCUT2D eigenvalue weighted by Crippen LogP contribution is -2.48. The molecule has 0 unspecified atom stereocenters. The van der Waals surface area contributed by atoms with Gasteiger partial charge in [0, 0.05) is 51.1 Å². The number of nitrogens with zero attached hydrogens (tertiary/aromatic N) is 6. The first-order valence-corrected chi connectivity index (χ1v) is 14.4. The number of piperidine rings is 2. The Kier molecular flexibility index (Phi) is 5.80. The molecule has 0 aromatic rings. The van der Waals surface area contributed by atoms with Crippen molar-refractivity contribution in [2.75, 3.05) is 39.3 Å². The maximum atomic E-state index is 13.1. The van der Waals surface area contributed by atoms with Gasteiger partial charge in [0.1, 0.15) is 12.1 Å². The number of hydroxylamine groups is 4. The molecule has 6 rings (SSSR count). The van der Waals surface area contributed by atoms with Gasteiger partial charge in [-0.15, -0.1) is 8.57 Å². The molecule has 0 radical (unpaired) electrons. The highest BCUT2D eigenvalue weighted by Gasteiger charge is 2.59. The van der Waals surface area contributed by atoms with E-state index in [1.54, 1.807) is 9.80 Å². The van der Waals surface area contributed by atoms with Crippen LogP contribution in [0, 0.1) is 11.8 Å². The van der Waals surface area contributed by atoms with Gasteiger partial charge in [-0.3, -0.25) is 9.59 Å². The fourth-order valence-electron chi connectivity index (χ4n) is 7.07. The summed E-state index contributed by atoms with van der Waals surface area (Å²) in [5, 5.41) is 1.53. The average molecular weight is 541 g/mol. The fourth-order valence-corrected chi connectivity index (χ4v) is 7.86. The number of fused-ring (bicyclic) bond motifs is 8. The minimum atomic E-state index is -4.84. The summed E-state index contributed by atoms with van der Waals surface area (Å²) in [6, 6.07) is -3.76. The summed E-state index contributed by atoms with van der Waals surface area (Å²) in [7, 11) is -4.84. The van der Waals surface area contributed by atoms with Gasteiger partial charge in [0.2, 0.25) is 11.8 Å². The molecule has 0 N–H and O–H groups in total. The number of amides is 6. The van der Waals surface area contributed by atoms with Crippen LogP contribution in [0.3, 0.4) is 0 Å². The summed E-state index contributed by atoms with van der Waals surface area (Å²) < 4.78 is 36.0. The zero-order valence-corrected chi connectivity index (χ0v) is 21.7. The van der Waals surface area contributed by atoms with Gasteiger partial charge in [-0.2, -0.15) is 18.5 Å². The van der Waals surface area contributed by atoms with Gasteiger partial charge in [-0.25, -0.2) is 9.59 Å². The Morgan fingerprint density at radius 1 is 0.703 bits per heavy atom. The van der Waals surface area contributed by atoms with Crippen LogP contribution < -0.4 is 0 Å². The molecule has 6 atom stereocenters. The average Bonchev–Trinajstić information content (AvgIpc) is 3.49. The number of urea groups is 2. The SMILES string of the molecule is CCCN1C[C@@H]2C[C@@H]3CN(C(=O)N3OS(=O)(=O)ON3C(=O)N4C[C@H]3C[C@H]3CN(CCC)C(=O)[C@H]34)[C@@H]2C1=O. The summed E-state index contributed by atoms with van der Waals surface area (Å²) in [5.41, 5.74) is 0. The first-order chi connectivity index (χ1) is 17.6. The molecule has 6 fully saturated rings. The summed E-state index contributed by atoms with van der Waals surface area (Å²) in [5.74, 6) is -0.451. The summed E-state index contributed by atoms with van der Waals surface area (Å²) >= 11 is 0. The highest BCUT2D eigenvalue weighted by Crippen LogP contribution is 2.41. The van der Waals surface area contributed by atoms with Crippen molar-refractivity contribution in [3.05, 3.63) is 0 Å². The van der Waals surface area contributed by atoms with Crippen LogP contribution in [-0.4, -0.2) is 125 Å². The molecule has 14 nitrogen and oxygen atoms in total. The molecule has 15 heteroatoms. The van der Waals surface area contributed by atoms with Gasteiger partial charge in [0.05, 0.1) is 12.1 Å². The van der Waals surface area contributed by atoms with E-state index in [0.717, 1.165) is 23.0 Å². The van der Waals surface area contributed by atoms with Gasteiger partial charge in [0.15, 0.2) is 0 Å². The van der Waals surface area contributed by atoms with E-state index in [0.29, 0.717) is 39.0 Å². The third-order valence-corrected chi connectivity index (χ3v) is 9.12. The molecule has 6 amide bonds. The van der Waals surface area contributed by atoms with Crippen LogP contribution in [-0.2, 0) is 28.6 Å². The van der Waals surface area contributed by atoms with Crippen LogP contribution in [0.4, 0.5) is 9.59 Å². The highest BCUT2D eigenvalue weighted by atomic mass is 32.3. The lowest BCUT2D eigenvalue weighted by Gasteiger charge is -2.30. The number of carbonyl (C=O) groups is 4. The first-order valence-electron chi connectivity index (χ1n) is 13.0. The van der Waals surface area contributed by atoms with Crippen molar-refractivity contribution in [2.45, 2.75) is 63.7 Å². The Balaban J connectivity index is 1.13. The van der Waals surface area contributed by atoms with Crippen LogP contribution in [0.1, 0.15) is 39.5 Å². The van der Waals surface area contributed by atoms with E-state index >= 15 is 0 Å². The van der Waals surface area contributed by atoms with E-state index in [4.69, 9.17) is 8.57 Å². The van der Waals surface area contributed by atoms with Gasteiger partial charge >= 0.3 is 22.5 Å². The fraction of sp³-hybridized carbons (Fsp3) is 0.818. The van der Waals surface area contributed by atoms with Crippen LogP contribution in [0.25, 0.3) is 0 Å². The van der Waals surface area contributed by atoms with Crippen molar-refractivity contribution in [3.8, 4) is 0 Å². The number of hydrogen-bond donors (Lipinski definition) is 0. The standard InChI is InChI=1S/C22H32N6O8S/c1-3-5-23-9-13-7-15-11-25(17(13)19(23)29)21(31)27(15)35-37(33,34)36-28-16-8-14-10-24(6-4-2)20(30)18(14)26(12-16)22(28)32/h13-18H,3-12H2,1-2H3/t13-,14-,15+,16+,17-,18-/m0/s1. The number of hydrogen-bond acceptors (Lipinski definition) is 8.